The van der Waals surface area contributed by atoms with Crippen LogP contribution in [-0.2, 0) is 0 Å². The molecule has 1 N–H and O–H groups in total. The van der Waals surface area contributed by atoms with E-state index < -0.39 is 6.04 Å². The topological polar surface area (TPSA) is 71.3 Å². The van der Waals surface area contributed by atoms with Crippen LogP contribution in [0.15, 0.2) is 77.0 Å². The molecule has 1 aromatic heterocycles. The van der Waals surface area contributed by atoms with E-state index in [1.807, 2.05) is 70.2 Å². The molecular formula is C28H25FN4O2. The van der Waals surface area contributed by atoms with Gasteiger partial charge in [-0.2, -0.15) is 4.98 Å². The number of nitrogens with zero attached hydrogens (tertiary/aromatic N) is 3. The summed E-state index contributed by atoms with van der Waals surface area (Å²) in [5, 5.41) is 7.25. The fourth-order valence-corrected chi connectivity index (χ4v) is 4.25. The van der Waals surface area contributed by atoms with Gasteiger partial charge in [-0.1, -0.05) is 53.2 Å². The highest BCUT2D eigenvalue weighted by Crippen LogP contribution is 2.39. The molecule has 35 heavy (non-hydrogen) atoms. The first-order valence-electron chi connectivity index (χ1n) is 11.4. The van der Waals surface area contributed by atoms with E-state index in [0.29, 0.717) is 28.5 Å². The number of hydrogen-bond donors (Lipinski definition) is 1. The minimum atomic E-state index is -0.586. The van der Waals surface area contributed by atoms with E-state index in [4.69, 9.17) is 4.52 Å². The molecule has 4 aromatic rings. The largest absolute Gasteiger partial charge is 0.334 e. The number of urea groups is 1. The number of allylic oxidation sites excluding steroid dienone is 1. The lowest BCUT2D eigenvalue weighted by Gasteiger charge is -2.35. The van der Waals surface area contributed by atoms with Crippen molar-refractivity contribution in [2.24, 2.45) is 0 Å². The van der Waals surface area contributed by atoms with Crippen molar-refractivity contribution in [3.63, 3.8) is 0 Å². The molecule has 0 bridgehead atoms. The Kier molecular flexibility index (Phi) is 5.68. The Balaban J connectivity index is 1.65. The van der Waals surface area contributed by atoms with Crippen molar-refractivity contribution >= 4 is 17.3 Å². The summed E-state index contributed by atoms with van der Waals surface area (Å²) in [7, 11) is 0. The van der Waals surface area contributed by atoms with Gasteiger partial charge in [-0.15, -0.1) is 0 Å². The molecule has 0 saturated carbocycles. The van der Waals surface area contributed by atoms with Crippen molar-refractivity contribution < 1.29 is 13.7 Å². The second kappa shape index (κ2) is 8.83. The number of benzene rings is 3. The number of halogens is 1. The zero-order chi connectivity index (χ0) is 24.7. The third-order valence-corrected chi connectivity index (χ3v) is 6.40. The highest BCUT2D eigenvalue weighted by atomic mass is 19.1. The van der Waals surface area contributed by atoms with Gasteiger partial charge in [-0.25, -0.2) is 9.18 Å². The Hall–Kier alpha value is -4.26. The van der Waals surface area contributed by atoms with Crippen LogP contribution in [0, 0.1) is 26.6 Å². The van der Waals surface area contributed by atoms with Crippen molar-refractivity contribution in [2.75, 3.05) is 4.90 Å². The second-order valence-electron chi connectivity index (χ2n) is 8.83. The minimum Gasteiger partial charge on any atom is -0.334 e. The molecule has 1 aliphatic heterocycles. The summed E-state index contributed by atoms with van der Waals surface area (Å²) >= 11 is 0. The van der Waals surface area contributed by atoms with Crippen molar-refractivity contribution in [1.29, 1.82) is 0 Å². The summed E-state index contributed by atoms with van der Waals surface area (Å²) in [6, 6.07) is 18.9. The van der Waals surface area contributed by atoms with Crippen LogP contribution in [-0.4, -0.2) is 16.2 Å². The number of aromatic nitrogens is 2. The molecule has 176 valence electrons. The van der Waals surface area contributed by atoms with E-state index in [2.05, 4.69) is 15.5 Å². The maximum absolute atomic E-state index is 13.7. The molecule has 2 heterocycles. The lowest BCUT2D eigenvalue weighted by atomic mass is 9.94. The SMILES string of the molecule is CC1=C(c2nc(-c3ccc(C)cc3)no2)C(c2ccc(F)cc2)NC(=O)N1c1ccc(C)c(C)c1. The number of anilines is 1. The number of amides is 2. The summed E-state index contributed by atoms with van der Waals surface area (Å²) in [4.78, 5) is 19.6. The second-order valence-corrected chi connectivity index (χ2v) is 8.83. The highest BCUT2D eigenvalue weighted by molar-refractivity contribution is 6.01. The van der Waals surface area contributed by atoms with Crippen LogP contribution in [0.25, 0.3) is 17.0 Å². The summed E-state index contributed by atoms with van der Waals surface area (Å²) < 4.78 is 19.4. The Bertz CT molecular complexity index is 1440. The number of rotatable bonds is 4. The molecule has 1 aliphatic rings. The van der Waals surface area contributed by atoms with Crippen molar-refractivity contribution in [2.45, 2.75) is 33.7 Å². The first-order valence-corrected chi connectivity index (χ1v) is 11.4. The van der Waals surface area contributed by atoms with E-state index in [0.717, 1.165) is 27.9 Å². The van der Waals surface area contributed by atoms with Gasteiger partial charge in [-0.3, -0.25) is 4.90 Å². The molecule has 7 heteroatoms. The monoisotopic (exact) mass is 468 g/mol. The minimum absolute atomic E-state index is 0.290. The van der Waals surface area contributed by atoms with Crippen LogP contribution >= 0.6 is 0 Å². The van der Waals surface area contributed by atoms with Crippen molar-refractivity contribution in [3.05, 3.63) is 106 Å². The number of hydrogen-bond acceptors (Lipinski definition) is 4. The van der Waals surface area contributed by atoms with Gasteiger partial charge < -0.3 is 9.84 Å². The Labute approximate surface area is 203 Å². The van der Waals surface area contributed by atoms with Gasteiger partial charge in [-0.05, 0) is 68.7 Å². The van der Waals surface area contributed by atoms with Crippen LogP contribution < -0.4 is 10.2 Å². The quantitative estimate of drug-likeness (QED) is 0.371. The van der Waals surface area contributed by atoms with Crippen LogP contribution in [0.3, 0.4) is 0 Å². The Morgan fingerprint density at radius 3 is 2.31 bits per heavy atom. The fraction of sp³-hybridized carbons (Fsp3) is 0.179. The first kappa shape index (κ1) is 22.5. The van der Waals surface area contributed by atoms with Gasteiger partial charge in [0.1, 0.15) is 5.82 Å². The van der Waals surface area contributed by atoms with E-state index in [1.54, 1.807) is 17.0 Å². The summed E-state index contributed by atoms with van der Waals surface area (Å²) in [6.45, 7) is 7.90. The Morgan fingerprint density at radius 1 is 0.914 bits per heavy atom. The predicted octanol–water partition coefficient (Wildman–Crippen LogP) is 6.50. The van der Waals surface area contributed by atoms with Crippen LogP contribution in [0.5, 0.6) is 0 Å². The van der Waals surface area contributed by atoms with Crippen LogP contribution in [0.2, 0.25) is 0 Å². The highest BCUT2D eigenvalue weighted by Gasteiger charge is 2.36. The summed E-state index contributed by atoms with van der Waals surface area (Å²) in [5.41, 5.74) is 6.92. The zero-order valence-corrected chi connectivity index (χ0v) is 20.0. The lowest BCUT2D eigenvalue weighted by molar-refractivity contribution is 0.244. The Morgan fingerprint density at radius 2 is 1.63 bits per heavy atom. The molecule has 2 amide bonds. The molecular weight excluding hydrogens is 443 g/mol. The van der Waals surface area contributed by atoms with Gasteiger partial charge in [0.05, 0.1) is 17.3 Å². The third kappa shape index (κ3) is 4.21. The predicted molar refractivity (Wildman–Crippen MR) is 133 cm³/mol. The van der Waals surface area contributed by atoms with E-state index in [-0.39, 0.29) is 11.8 Å². The third-order valence-electron chi connectivity index (χ3n) is 6.40. The van der Waals surface area contributed by atoms with Gasteiger partial charge in [0.15, 0.2) is 0 Å². The smallest absolute Gasteiger partial charge is 0.326 e. The molecule has 0 fully saturated rings. The maximum Gasteiger partial charge on any atom is 0.326 e. The number of carbonyl (C=O) groups is 1. The molecule has 0 radical (unpaired) electrons. The number of carbonyl (C=O) groups excluding carboxylic acids is 1. The lowest BCUT2D eigenvalue weighted by Crippen LogP contribution is -2.46. The number of nitrogens with one attached hydrogen (secondary N) is 1. The van der Waals surface area contributed by atoms with Gasteiger partial charge >= 0.3 is 6.03 Å². The van der Waals surface area contributed by atoms with E-state index in [1.165, 1.54) is 12.1 Å². The van der Waals surface area contributed by atoms with Gasteiger partial charge in [0, 0.05) is 11.3 Å². The standard InChI is InChI=1S/C28H25FN4O2/c1-16-5-8-21(9-6-16)26-31-27(35-32-26)24-19(4)33(23-14-7-17(2)18(3)15-23)28(34)30-25(24)20-10-12-22(29)13-11-20/h5-15,25H,1-4H3,(H,30,34). The van der Waals surface area contributed by atoms with E-state index in [9.17, 15) is 9.18 Å². The number of aryl methyl sites for hydroxylation is 3. The van der Waals surface area contributed by atoms with Crippen molar-refractivity contribution in [3.8, 4) is 11.4 Å². The van der Waals surface area contributed by atoms with E-state index >= 15 is 0 Å². The molecule has 3 aromatic carbocycles. The molecule has 1 unspecified atom stereocenters. The summed E-state index contributed by atoms with van der Waals surface area (Å²) in [6.07, 6.45) is 0. The molecule has 5 rings (SSSR count). The molecule has 6 nitrogen and oxygen atoms in total. The molecule has 0 aliphatic carbocycles. The van der Waals surface area contributed by atoms with Crippen molar-refractivity contribution in [1.82, 2.24) is 15.5 Å². The normalized spacial score (nSPS) is 16.0. The fourth-order valence-electron chi connectivity index (χ4n) is 4.25. The van der Waals surface area contributed by atoms with Crippen LogP contribution in [0.1, 0.15) is 41.1 Å². The van der Waals surface area contributed by atoms with Gasteiger partial charge in [0.25, 0.3) is 5.89 Å². The molecule has 1 atom stereocenters. The summed E-state index contributed by atoms with van der Waals surface area (Å²) in [5.74, 6) is 0.392. The average molecular weight is 469 g/mol. The average Bonchev–Trinajstić information content (AvgIpc) is 3.31. The van der Waals surface area contributed by atoms with Crippen LogP contribution in [0.4, 0.5) is 14.9 Å². The maximum atomic E-state index is 13.7. The zero-order valence-electron chi connectivity index (χ0n) is 20.0. The molecule has 0 saturated heterocycles. The molecule has 0 spiro atoms. The first-order chi connectivity index (χ1) is 16.8. The van der Waals surface area contributed by atoms with Gasteiger partial charge in [0.2, 0.25) is 5.82 Å².